The van der Waals surface area contributed by atoms with Gasteiger partial charge in [0.05, 0.1) is 25.9 Å². The van der Waals surface area contributed by atoms with Crippen LogP contribution in [-0.2, 0) is 0 Å². The van der Waals surface area contributed by atoms with Gasteiger partial charge in [0.1, 0.15) is 5.54 Å². The van der Waals surface area contributed by atoms with E-state index in [-0.39, 0.29) is 24.0 Å². The second-order valence-electron chi connectivity index (χ2n) is 4.56. The van der Waals surface area contributed by atoms with E-state index in [9.17, 15) is 15.3 Å². The van der Waals surface area contributed by atoms with E-state index in [1.54, 1.807) is 7.05 Å². The van der Waals surface area contributed by atoms with Crippen LogP contribution in [0.3, 0.4) is 0 Å². The second kappa shape index (κ2) is 7.17. The molecule has 0 saturated carbocycles. The summed E-state index contributed by atoms with van der Waals surface area (Å²) in [6.45, 7) is 2.20. The van der Waals surface area contributed by atoms with Gasteiger partial charge in [-0.05, 0) is 13.8 Å². The Bertz CT molecular complexity index is 417. The molecule has 0 radical (unpaired) electrons. The van der Waals surface area contributed by atoms with Crippen molar-refractivity contribution in [1.82, 2.24) is 15.0 Å². The molecule has 0 aliphatic rings. The lowest BCUT2D eigenvalue weighted by molar-refractivity contribution is 0.0826. The quantitative estimate of drug-likeness (QED) is 0.401. The minimum Gasteiger partial charge on any atom is -0.461 e. The molecule has 1 rings (SSSR count). The summed E-state index contributed by atoms with van der Waals surface area (Å²) >= 11 is 0. The summed E-state index contributed by atoms with van der Waals surface area (Å²) in [6, 6.07) is 0.101. The molecular formula is C11H21N5O4. The fourth-order valence-corrected chi connectivity index (χ4v) is 1.29. The van der Waals surface area contributed by atoms with Crippen LogP contribution in [-0.4, -0.2) is 68.8 Å². The van der Waals surface area contributed by atoms with Crippen LogP contribution in [0, 0.1) is 0 Å². The molecule has 0 amide bonds. The highest BCUT2D eigenvalue weighted by Gasteiger charge is 2.29. The third kappa shape index (κ3) is 4.15. The third-order valence-corrected chi connectivity index (χ3v) is 2.46. The standard InChI is InChI=1S/C11H21N5O4/c1-7(2)20-10-14-8(12-3)13-9(15-10)16-11(4-17,5-18)6-19/h7,17-19H,4-6H2,1-3H3,(H2,12,13,14,15,16). The van der Waals surface area contributed by atoms with Gasteiger partial charge >= 0.3 is 6.01 Å². The number of hydrogen-bond donors (Lipinski definition) is 5. The lowest BCUT2D eigenvalue weighted by Crippen LogP contribution is -2.49. The van der Waals surface area contributed by atoms with Gasteiger partial charge in [0, 0.05) is 7.05 Å². The van der Waals surface area contributed by atoms with Crippen LogP contribution in [0.1, 0.15) is 13.8 Å². The van der Waals surface area contributed by atoms with Crippen molar-refractivity contribution in [3.05, 3.63) is 0 Å². The molecule has 0 spiro atoms. The Kier molecular flexibility index (Phi) is 5.86. The summed E-state index contributed by atoms with van der Waals surface area (Å²) in [5, 5.41) is 33.3. The first kappa shape index (κ1) is 16.3. The number of rotatable bonds is 8. The average molecular weight is 287 g/mol. The van der Waals surface area contributed by atoms with E-state index in [4.69, 9.17) is 4.74 Å². The number of anilines is 2. The average Bonchev–Trinajstić information content (AvgIpc) is 2.44. The topological polar surface area (TPSA) is 133 Å². The molecule has 20 heavy (non-hydrogen) atoms. The lowest BCUT2D eigenvalue weighted by atomic mass is 10.0. The molecule has 9 heteroatoms. The number of aliphatic hydroxyl groups excluding tert-OH is 3. The van der Waals surface area contributed by atoms with Crippen LogP contribution in [0.2, 0.25) is 0 Å². The molecule has 1 heterocycles. The maximum atomic E-state index is 9.28. The Balaban J connectivity index is 3.04. The van der Waals surface area contributed by atoms with Crippen molar-refractivity contribution in [2.45, 2.75) is 25.5 Å². The van der Waals surface area contributed by atoms with Crippen LogP contribution < -0.4 is 15.4 Å². The van der Waals surface area contributed by atoms with Crippen molar-refractivity contribution in [2.75, 3.05) is 37.5 Å². The third-order valence-electron chi connectivity index (χ3n) is 2.46. The van der Waals surface area contributed by atoms with E-state index in [0.717, 1.165) is 0 Å². The largest absolute Gasteiger partial charge is 0.461 e. The molecule has 0 bridgehead atoms. The fraction of sp³-hybridized carbons (Fsp3) is 0.727. The molecule has 0 aromatic carbocycles. The Labute approximate surface area is 117 Å². The van der Waals surface area contributed by atoms with Crippen molar-refractivity contribution in [2.24, 2.45) is 0 Å². The lowest BCUT2D eigenvalue weighted by Gasteiger charge is -2.28. The molecule has 9 nitrogen and oxygen atoms in total. The van der Waals surface area contributed by atoms with E-state index in [1.807, 2.05) is 13.8 Å². The maximum Gasteiger partial charge on any atom is 0.323 e. The van der Waals surface area contributed by atoms with Gasteiger partial charge in [-0.15, -0.1) is 0 Å². The van der Waals surface area contributed by atoms with E-state index >= 15 is 0 Å². The SMILES string of the molecule is CNc1nc(NC(CO)(CO)CO)nc(OC(C)C)n1. The fourth-order valence-electron chi connectivity index (χ4n) is 1.29. The molecule has 0 aliphatic carbocycles. The van der Waals surface area contributed by atoms with Gasteiger partial charge in [-0.25, -0.2) is 0 Å². The normalized spacial score (nSPS) is 11.6. The monoisotopic (exact) mass is 287 g/mol. The summed E-state index contributed by atoms with van der Waals surface area (Å²) in [4.78, 5) is 12.1. The van der Waals surface area contributed by atoms with E-state index in [2.05, 4.69) is 25.6 Å². The predicted molar refractivity (Wildman–Crippen MR) is 72.7 cm³/mol. The predicted octanol–water partition coefficient (Wildman–Crippen LogP) is -1.17. The van der Waals surface area contributed by atoms with Crippen LogP contribution in [0.5, 0.6) is 6.01 Å². The zero-order chi connectivity index (χ0) is 15.2. The summed E-state index contributed by atoms with van der Waals surface area (Å²) in [7, 11) is 1.63. The van der Waals surface area contributed by atoms with Gasteiger partial charge in [-0.1, -0.05) is 0 Å². The number of aromatic nitrogens is 3. The van der Waals surface area contributed by atoms with Crippen LogP contribution in [0.4, 0.5) is 11.9 Å². The first-order chi connectivity index (χ1) is 9.48. The molecule has 114 valence electrons. The van der Waals surface area contributed by atoms with Gasteiger partial charge in [0.2, 0.25) is 11.9 Å². The number of aliphatic hydroxyl groups is 3. The van der Waals surface area contributed by atoms with Crippen LogP contribution in [0.25, 0.3) is 0 Å². The molecular weight excluding hydrogens is 266 g/mol. The van der Waals surface area contributed by atoms with Gasteiger partial charge in [-0.2, -0.15) is 15.0 Å². The molecule has 0 unspecified atom stereocenters. The van der Waals surface area contributed by atoms with Crippen molar-refractivity contribution >= 4 is 11.9 Å². The zero-order valence-corrected chi connectivity index (χ0v) is 11.8. The van der Waals surface area contributed by atoms with Gasteiger partial charge in [0.25, 0.3) is 0 Å². The molecule has 0 saturated heterocycles. The summed E-state index contributed by atoms with van der Waals surface area (Å²) in [5.74, 6) is 0.345. The molecule has 0 aliphatic heterocycles. The zero-order valence-electron chi connectivity index (χ0n) is 11.8. The Morgan fingerprint density at radius 2 is 1.60 bits per heavy atom. The number of ether oxygens (including phenoxy) is 1. The highest BCUT2D eigenvalue weighted by Crippen LogP contribution is 2.16. The Hall–Kier alpha value is -1.71. The first-order valence-electron chi connectivity index (χ1n) is 6.20. The highest BCUT2D eigenvalue weighted by molar-refractivity contribution is 5.38. The second-order valence-corrected chi connectivity index (χ2v) is 4.56. The number of hydrogen-bond acceptors (Lipinski definition) is 9. The molecule has 5 N–H and O–H groups in total. The van der Waals surface area contributed by atoms with E-state index in [1.165, 1.54) is 0 Å². The number of nitrogens with one attached hydrogen (secondary N) is 2. The first-order valence-corrected chi connectivity index (χ1v) is 6.20. The van der Waals surface area contributed by atoms with E-state index < -0.39 is 25.4 Å². The van der Waals surface area contributed by atoms with Crippen molar-refractivity contribution < 1.29 is 20.1 Å². The van der Waals surface area contributed by atoms with Gasteiger partial charge < -0.3 is 30.7 Å². The van der Waals surface area contributed by atoms with E-state index in [0.29, 0.717) is 0 Å². The summed E-state index contributed by atoms with van der Waals surface area (Å²) < 4.78 is 5.38. The molecule has 0 atom stereocenters. The molecule has 1 aromatic rings. The smallest absolute Gasteiger partial charge is 0.323 e. The minimum absolute atomic E-state index is 0.0807. The van der Waals surface area contributed by atoms with Crippen LogP contribution >= 0.6 is 0 Å². The van der Waals surface area contributed by atoms with Crippen molar-refractivity contribution in [3.8, 4) is 6.01 Å². The maximum absolute atomic E-state index is 9.28. The van der Waals surface area contributed by atoms with Crippen molar-refractivity contribution in [1.29, 1.82) is 0 Å². The number of nitrogens with zero attached hydrogens (tertiary/aromatic N) is 3. The summed E-state index contributed by atoms with van der Waals surface area (Å²) in [6.07, 6.45) is -0.117. The van der Waals surface area contributed by atoms with Gasteiger partial charge in [-0.3, -0.25) is 0 Å². The summed E-state index contributed by atoms with van der Waals surface area (Å²) in [5.41, 5.74) is -1.32. The minimum atomic E-state index is -1.32. The van der Waals surface area contributed by atoms with Crippen LogP contribution in [0.15, 0.2) is 0 Å². The Morgan fingerprint density at radius 1 is 1.05 bits per heavy atom. The van der Waals surface area contributed by atoms with Crippen molar-refractivity contribution in [3.63, 3.8) is 0 Å². The van der Waals surface area contributed by atoms with Gasteiger partial charge in [0.15, 0.2) is 0 Å². The highest BCUT2D eigenvalue weighted by atomic mass is 16.5. The molecule has 1 aromatic heterocycles. The molecule has 0 fully saturated rings. The Morgan fingerprint density at radius 3 is 2.05 bits per heavy atom.